The summed E-state index contributed by atoms with van der Waals surface area (Å²) >= 11 is 1.46. The first-order valence-corrected chi connectivity index (χ1v) is 13.7. The molecule has 0 saturated carbocycles. The molecule has 0 aliphatic carbocycles. The van der Waals surface area contributed by atoms with Gasteiger partial charge in [0.15, 0.2) is 10.3 Å². The Morgan fingerprint density at radius 2 is 1.50 bits per heavy atom. The highest BCUT2D eigenvalue weighted by molar-refractivity contribution is 8.04. The van der Waals surface area contributed by atoms with E-state index in [1.807, 2.05) is 79.6 Å². The van der Waals surface area contributed by atoms with Crippen molar-refractivity contribution in [1.82, 2.24) is 4.90 Å². The topological polar surface area (TPSA) is 89.9 Å². The largest absolute Gasteiger partial charge is 0.497 e. The van der Waals surface area contributed by atoms with E-state index in [0.29, 0.717) is 46.5 Å². The van der Waals surface area contributed by atoms with Crippen LogP contribution >= 0.6 is 11.8 Å². The number of amidine groups is 1. The number of nitrogens with zero attached hydrogens (tertiary/aromatic N) is 3. The van der Waals surface area contributed by atoms with Crippen molar-refractivity contribution in [2.24, 2.45) is 10.4 Å². The molecule has 2 aliphatic heterocycles. The lowest BCUT2D eigenvalue weighted by Crippen LogP contribution is -2.58. The predicted octanol–water partition coefficient (Wildman–Crippen LogP) is 5.51. The Hall–Kier alpha value is -3.92. The Balaban J connectivity index is 2.17. The maximum absolute atomic E-state index is 14.1. The maximum atomic E-state index is 14.1. The maximum Gasteiger partial charge on any atom is 0.335 e. The summed E-state index contributed by atoms with van der Waals surface area (Å²) in [6.45, 7) is 8.12. The third-order valence-corrected chi connectivity index (χ3v) is 9.10. The van der Waals surface area contributed by atoms with Crippen molar-refractivity contribution < 1.29 is 28.5 Å². The predicted molar refractivity (Wildman–Crippen MR) is 157 cm³/mol. The molecule has 2 atom stereocenters. The number of hydrogen-bond acceptors (Lipinski definition) is 9. The second-order valence-corrected chi connectivity index (χ2v) is 10.6. The van der Waals surface area contributed by atoms with Crippen molar-refractivity contribution in [3.8, 4) is 11.5 Å². The summed E-state index contributed by atoms with van der Waals surface area (Å²) in [4.78, 5) is 35.3. The molecule has 0 radical (unpaired) electrons. The van der Waals surface area contributed by atoms with Crippen molar-refractivity contribution in [3.63, 3.8) is 0 Å². The van der Waals surface area contributed by atoms with E-state index >= 15 is 0 Å². The number of carbonyl (C=O) groups excluding carboxylic acids is 2. The Labute approximate surface area is 239 Å². The highest BCUT2D eigenvalue weighted by Crippen LogP contribution is 2.64. The van der Waals surface area contributed by atoms with E-state index in [0.717, 1.165) is 5.70 Å². The minimum absolute atomic E-state index is 0.349. The van der Waals surface area contributed by atoms with Crippen LogP contribution in [0.4, 0.5) is 11.4 Å². The number of aliphatic imine (C=N–C) groups is 1. The molecule has 4 rings (SSSR count). The van der Waals surface area contributed by atoms with E-state index in [9.17, 15) is 9.59 Å². The molecule has 0 N–H and O–H groups in total. The van der Waals surface area contributed by atoms with Gasteiger partial charge in [-0.25, -0.2) is 9.79 Å². The number of rotatable bonds is 7. The molecule has 1 fully saturated rings. The van der Waals surface area contributed by atoms with Crippen LogP contribution in [0.25, 0.3) is 0 Å². The molecule has 0 unspecified atom stereocenters. The Morgan fingerprint density at radius 1 is 0.925 bits per heavy atom. The second-order valence-electron chi connectivity index (χ2n) is 9.51. The highest BCUT2D eigenvalue weighted by atomic mass is 32.2. The van der Waals surface area contributed by atoms with Gasteiger partial charge in [0.05, 0.1) is 45.4 Å². The van der Waals surface area contributed by atoms with Crippen LogP contribution in [0.1, 0.15) is 27.7 Å². The molecule has 2 aliphatic rings. The second kappa shape index (κ2) is 11.3. The first-order chi connectivity index (χ1) is 19.1. The molecular weight excluding hydrogens is 530 g/mol. The fourth-order valence-electron chi connectivity index (χ4n) is 5.49. The quantitative estimate of drug-likeness (QED) is 0.319. The summed E-state index contributed by atoms with van der Waals surface area (Å²) in [5, 5.41) is 2.01. The van der Waals surface area contributed by atoms with Gasteiger partial charge < -0.3 is 23.8 Å². The van der Waals surface area contributed by atoms with Crippen LogP contribution in [0.5, 0.6) is 11.5 Å². The molecule has 9 nitrogen and oxygen atoms in total. The van der Waals surface area contributed by atoms with Crippen molar-refractivity contribution in [2.45, 2.75) is 32.6 Å². The average molecular weight is 566 g/mol. The molecule has 0 bridgehead atoms. The lowest BCUT2D eigenvalue weighted by atomic mass is 9.80. The number of allylic oxidation sites excluding steroid dienone is 1. The van der Waals surface area contributed by atoms with Crippen LogP contribution in [0.2, 0.25) is 0 Å². The lowest BCUT2D eigenvalue weighted by molar-refractivity contribution is -0.150. The smallest absolute Gasteiger partial charge is 0.335 e. The van der Waals surface area contributed by atoms with E-state index in [4.69, 9.17) is 23.9 Å². The van der Waals surface area contributed by atoms with Crippen molar-refractivity contribution >= 4 is 40.9 Å². The zero-order chi connectivity index (χ0) is 29.2. The number of benzene rings is 2. The van der Waals surface area contributed by atoms with E-state index in [1.54, 1.807) is 21.1 Å². The van der Waals surface area contributed by atoms with Gasteiger partial charge in [-0.15, -0.1) is 0 Å². The summed E-state index contributed by atoms with van der Waals surface area (Å²) in [5.41, 5.74) is 1.80. The number of carbonyl (C=O) groups is 2. The number of thioether (sulfide) groups is 1. The molecular formula is C30H35N3O6S. The summed E-state index contributed by atoms with van der Waals surface area (Å²) < 4.78 is 21.5. The van der Waals surface area contributed by atoms with E-state index in [2.05, 4.69) is 4.90 Å². The average Bonchev–Trinajstić information content (AvgIpc) is 3.44. The number of likely N-dealkylation sites (N-methyl/N-ethyl adjacent to an activating group) is 1. The molecule has 0 amide bonds. The Bertz CT molecular complexity index is 1390. The lowest BCUT2D eigenvalue weighted by Gasteiger charge is -2.45. The summed E-state index contributed by atoms with van der Waals surface area (Å²) in [6, 6.07) is 14.7. The van der Waals surface area contributed by atoms with Crippen molar-refractivity contribution in [1.29, 1.82) is 0 Å². The summed E-state index contributed by atoms with van der Waals surface area (Å²) in [6.07, 6.45) is 0. The molecule has 40 heavy (non-hydrogen) atoms. The van der Waals surface area contributed by atoms with E-state index in [-0.39, 0.29) is 0 Å². The molecule has 212 valence electrons. The van der Waals surface area contributed by atoms with Gasteiger partial charge in [0.2, 0.25) is 0 Å². The number of methoxy groups -OCH3 is 4. The third kappa shape index (κ3) is 4.30. The van der Waals surface area contributed by atoms with E-state index < -0.39 is 22.2 Å². The SMILES string of the molecule is CCN1C(C)=CS[C@]12/C(=C(/C)C(=O)OC)N(c1ccc(OC)cc1)C(=Nc1ccc(OC)cc1)[C@@]2(C)C(=O)OC. The number of anilines is 1. The molecule has 2 aromatic carbocycles. The monoisotopic (exact) mass is 565 g/mol. The van der Waals surface area contributed by atoms with Crippen molar-refractivity contribution in [3.05, 3.63) is 70.9 Å². The van der Waals surface area contributed by atoms with Crippen LogP contribution in [-0.4, -0.2) is 62.5 Å². The first-order valence-electron chi connectivity index (χ1n) is 12.8. The van der Waals surface area contributed by atoms with E-state index in [1.165, 1.54) is 26.0 Å². The molecule has 2 heterocycles. The zero-order valence-corrected chi connectivity index (χ0v) is 24.9. The molecule has 10 heteroatoms. The van der Waals surface area contributed by atoms with Gasteiger partial charge in [0, 0.05) is 17.9 Å². The van der Waals surface area contributed by atoms with Crippen LogP contribution in [0, 0.1) is 5.41 Å². The van der Waals surface area contributed by atoms with Crippen LogP contribution in [0.3, 0.4) is 0 Å². The van der Waals surface area contributed by atoms with Gasteiger partial charge in [0.1, 0.15) is 17.3 Å². The number of hydrogen-bond donors (Lipinski definition) is 0. The van der Waals surface area contributed by atoms with Gasteiger partial charge >= 0.3 is 11.9 Å². The number of ether oxygens (including phenoxy) is 4. The standard InChI is InChI=1S/C30H35N3O6S/c1-9-32-19(2)18-40-30(32)25(20(3)26(34)38-7)33(22-12-16-24(37-6)17-13-22)27(29(30,4)28(35)39-8)31-21-10-14-23(36-5)15-11-21/h10-18H,9H2,1-8H3/b25-20+,31-27?/t29-,30-/m0/s1. The summed E-state index contributed by atoms with van der Waals surface area (Å²) in [7, 11) is 5.91. The fraction of sp³-hybridized carbons (Fsp3) is 0.367. The molecule has 1 saturated heterocycles. The van der Waals surface area contributed by atoms with Gasteiger partial charge in [-0.1, -0.05) is 11.8 Å². The van der Waals surface area contributed by atoms with Crippen LogP contribution in [0.15, 0.2) is 75.9 Å². The van der Waals surface area contributed by atoms with Crippen LogP contribution in [-0.2, 0) is 19.1 Å². The normalized spacial score (nSPS) is 24.3. The first kappa shape index (κ1) is 29.1. The highest BCUT2D eigenvalue weighted by Gasteiger charge is 2.72. The third-order valence-electron chi connectivity index (χ3n) is 7.48. The minimum atomic E-state index is -1.37. The van der Waals surface area contributed by atoms with Gasteiger partial charge in [-0.2, -0.15) is 0 Å². The summed E-state index contributed by atoms with van der Waals surface area (Å²) in [5.74, 6) is 0.759. The Kier molecular flexibility index (Phi) is 8.20. The minimum Gasteiger partial charge on any atom is -0.497 e. The van der Waals surface area contributed by atoms with Gasteiger partial charge in [-0.3, -0.25) is 9.69 Å². The van der Waals surface area contributed by atoms with Gasteiger partial charge in [0.25, 0.3) is 0 Å². The van der Waals surface area contributed by atoms with Crippen LogP contribution < -0.4 is 14.4 Å². The number of esters is 2. The van der Waals surface area contributed by atoms with Crippen molar-refractivity contribution in [2.75, 3.05) is 39.9 Å². The molecule has 0 aromatic heterocycles. The fourth-order valence-corrected chi connectivity index (χ4v) is 7.12. The Morgan fingerprint density at radius 3 is 2.00 bits per heavy atom. The van der Waals surface area contributed by atoms with Gasteiger partial charge in [-0.05, 0) is 81.6 Å². The molecule has 2 aromatic rings. The zero-order valence-electron chi connectivity index (χ0n) is 24.1. The molecule has 1 spiro atoms.